The van der Waals surface area contributed by atoms with Crippen molar-refractivity contribution >= 4 is 28.7 Å². The summed E-state index contributed by atoms with van der Waals surface area (Å²) in [6, 6.07) is 11.8. The van der Waals surface area contributed by atoms with E-state index < -0.39 is 0 Å². The molecule has 132 valence electrons. The van der Waals surface area contributed by atoms with Gasteiger partial charge in [-0.25, -0.2) is 9.97 Å². The molecule has 2 aromatic heterocycles. The second-order valence-electron chi connectivity index (χ2n) is 6.65. The van der Waals surface area contributed by atoms with Crippen LogP contribution in [0, 0.1) is 0 Å². The minimum Gasteiger partial charge on any atom is -0.353 e. The van der Waals surface area contributed by atoms with Gasteiger partial charge in [-0.1, -0.05) is 12.1 Å². The number of carbonyl (C=O) groups excluding carboxylic acids is 1. The van der Waals surface area contributed by atoms with E-state index in [-0.39, 0.29) is 5.91 Å². The quantitative estimate of drug-likeness (QED) is 0.760. The summed E-state index contributed by atoms with van der Waals surface area (Å²) in [5, 5.41) is 2.97. The molecule has 1 saturated heterocycles. The van der Waals surface area contributed by atoms with Crippen molar-refractivity contribution in [1.29, 1.82) is 0 Å². The summed E-state index contributed by atoms with van der Waals surface area (Å²) in [5.74, 6) is 1.97. The fraction of sp³-hybridized carbons (Fsp3) is 0.316. The minimum atomic E-state index is -0.0132. The molecule has 7 nitrogen and oxygen atoms in total. The molecular weight excluding hydrogens is 328 g/mol. The van der Waals surface area contributed by atoms with E-state index in [9.17, 15) is 4.79 Å². The van der Waals surface area contributed by atoms with Crippen LogP contribution in [0.15, 0.2) is 42.6 Å². The summed E-state index contributed by atoms with van der Waals surface area (Å²) in [5.41, 5.74) is 2.55. The molecule has 0 bridgehead atoms. The largest absolute Gasteiger partial charge is 0.353 e. The van der Waals surface area contributed by atoms with E-state index >= 15 is 0 Å². The first-order valence-corrected chi connectivity index (χ1v) is 8.99. The number of rotatable bonds is 2. The van der Waals surface area contributed by atoms with Crippen LogP contribution in [0.5, 0.6) is 0 Å². The van der Waals surface area contributed by atoms with Gasteiger partial charge in [0.2, 0.25) is 5.95 Å². The normalized spacial score (nSPS) is 17.3. The molecular formula is C19H20N6O. The number of nitrogens with zero attached hydrogens (tertiary/aromatic N) is 5. The number of nitrogens with one attached hydrogen (secondary N) is 1. The highest BCUT2D eigenvalue weighted by Crippen LogP contribution is 2.28. The lowest BCUT2D eigenvalue weighted by Gasteiger charge is -2.36. The van der Waals surface area contributed by atoms with E-state index in [1.807, 2.05) is 36.5 Å². The highest BCUT2D eigenvalue weighted by Gasteiger charge is 2.26. The van der Waals surface area contributed by atoms with Crippen molar-refractivity contribution < 1.29 is 4.79 Å². The van der Waals surface area contributed by atoms with E-state index in [0.717, 1.165) is 55.5 Å². The molecule has 1 amide bonds. The SMILES string of the molecule is O=C1NCCn2c(N3CCN(c4ccccn4)CC3)nc3cccc1c32. The summed E-state index contributed by atoms with van der Waals surface area (Å²) in [7, 11) is 0. The van der Waals surface area contributed by atoms with Gasteiger partial charge in [0.1, 0.15) is 5.82 Å². The Morgan fingerprint density at radius 1 is 0.923 bits per heavy atom. The minimum absolute atomic E-state index is 0.0132. The van der Waals surface area contributed by atoms with Crippen LogP contribution >= 0.6 is 0 Å². The molecule has 2 aliphatic heterocycles. The number of hydrogen-bond acceptors (Lipinski definition) is 5. The Morgan fingerprint density at radius 2 is 1.77 bits per heavy atom. The van der Waals surface area contributed by atoms with E-state index in [2.05, 4.69) is 30.7 Å². The smallest absolute Gasteiger partial charge is 0.253 e. The van der Waals surface area contributed by atoms with E-state index in [4.69, 9.17) is 4.98 Å². The van der Waals surface area contributed by atoms with Crippen LogP contribution in [0.4, 0.5) is 11.8 Å². The molecule has 1 aromatic carbocycles. The lowest BCUT2D eigenvalue weighted by molar-refractivity contribution is 0.0956. The Hall–Kier alpha value is -3.09. The molecule has 0 saturated carbocycles. The predicted molar refractivity (Wildman–Crippen MR) is 101 cm³/mol. The number of aromatic nitrogens is 3. The van der Waals surface area contributed by atoms with E-state index in [1.54, 1.807) is 0 Å². The zero-order valence-corrected chi connectivity index (χ0v) is 14.4. The van der Waals surface area contributed by atoms with Crippen molar-refractivity contribution in [2.24, 2.45) is 0 Å². The van der Waals surface area contributed by atoms with Crippen LogP contribution in [-0.4, -0.2) is 53.2 Å². The van der Waals surface area contributed by atoms with Gasteiger partial charge in [-0.3, -0.25) is 4.79 Å². The number of benzene rings is 1. The van der Waals surface area contributed by atoms with Crippen molar-refractivity contribution in [3.63, 3.8) is 0 Å². The first kappa shape index (κ1) is 15.2. The highest BCUT2D eigenvalue weighted by atomic mass is 16.1. The Morgan fingerprint density at radius 3 is 2.58 bits per heavy atom. The zero-order valence-electron chi connectivity index (χ0n) is 14.4. The average Bonchev–Trinajstić information content (AvgIpc) is 2.98. The van der Waals surface area contributed by atoms with Crippen LogP contribution < -0.4 is 15.1 Å². The molecule has 26 heavy (non-hydrogen) atoms. The van der Waals surface area contributed by atoms with Gasteiger partial charge in [-0.05, 0) is 24.3 Å². The Labute approximate surface area is 151 Å². The number of hydrogen-bond donors (Lipinski definition) is 1. The van der Waals surface area contributed by atoms with Crippen molar-refractivity contribution in [2.45, 2.75) is 6.54 Å². The standard InChI is InChI=1S/C19H20N6O/c26-18-14-4-3-5-15-17(14)25(9-8-21-18)19(22-15)24-12-10-23(11-13-24)16-6-1-2-7-20-16/h1-7H,8-13H2,(H,21,26). The molecule has 0 atom stereocenters. The van der Waals surface area contributed by atoms with Gasteiger partial charge in [0.25, 0.3) is 5.91 Å². The van der Waals surface area contributed by atoms with Crippen LogP contribution in [-0.2, 0) is 6.54 Å². The van der Waals surface area contributed by atoms with Crippen molar-refractivity contribution in [3.05, 3.63) is 48.2 Å². The second kappa shape index (κ2) is 6.01. The predicted octanol–water partition coefficient (Wildman–Crippen LogP) is 1.50. The number of imidazole rings is 1. The lowest BCUT2D eigenvalue weighted by atomic mass is 10.2. The topological polar surface area (TPSA) is 66.3 Å². The van der Waals surface area contributed by atoms with Crippen LogP contribution in [0.3, 0.4) is 0 Å². The second-order valence-corrected chi connectivity index (χ2v) is 6.65. The molecule has 3 aromatic rings. The van der Waals surface area contributed by atoms with Crippen LogP contribution in [0.2, 0.25) is 0 Å². The monoisotopic (exact) mass is 348 g/mol. The van der Waals surface area contributed by atoms with E-state index in [1.165, 1.54) is 0 Å². The van der Waals surface area contributed by atoms with Gasteiger partial charge in [0.15, 0.2) is 0 Å². The molecule has 2 aliphatic rings. The first-order chi connectivity index (χ1) is 12.8. The van der Waals surface area contributed by atoms with Gasteiger partial charge in [0, 0.05) is 45.5 Å². The van der Waals surface area contributed by atoms with Gasteiger partial charge in [0.05, 0.1) is 16.6 Å². The molecule has 0 radical (unpaired) electrons. The number of carbonyl (C=O) groups is 1. The molecule has 1 N–H and O–H groups in total. The third-order valence-electron chi connectivity index (χ3n) is 5.15. The maximum absolute atomic E-state index is 12.3. The fourth-order valence-electron chi connectivity index (χ4n) is 3.86. The van der Waals surface area contributed by atoms with Gasteiger partial charge >= 0.3 is 0 Å². The Kier molecular flexibility index (Phi) is 3.51. The van der Waals surface area contributed by atoms with Gasteiger partial charge in [-0.15, -0.1) is 0 Å². The number of amides is 1. The Bertz CT molecular complexity index is 959. The first-order valence-electron chi connectivity index (χ1n) is 8.99. The summed E-state index contributed by atoms with van der Waals surface area (Å²) in [6.45, 7) is 4.95. The maximum atomic E-state index is 12.3. The number of para-hydroxylation sites is 1. The van der Waals surface area contributed by atoms with Crippen LogP contribution in [0.1, 0.15) is 10.4 Å². The molecule has 4 heterocycles. The summed E-state index contributed by atoms with van der Waals surface area (Å²) >= 11 is 0. The van der Waals surface area contributed by atoms with Crippen molar-refractivity contribution in [2.75, 3.05) is 42.5 Å². The van der Waals surface area contributed by atoms with Gasteiger partial charge in [-0.2, -0.15) is 0 Å². The Balaban J connectivity index is 1.46. The molecule has 1 fully saturated rings. The maximum Gasteiger partial charge on any atom is 0.253 e. The van der Waals surface area contributed by atoms with Crippen LogP contribution in [0.25, 0.3) is 11.0 Å². The zero-order chi connectivity index (χ0) is 17.5. The summed E-state index contributed by atoms with van der Waals surface area (Å²) in [6.07, 6.45) is 1.84. The van der Waals surface area contributed by atoms with Crippen molar-refractivity contribution in [1.82, 2.24) is 19.9 Å². The summed E-state index contributed by atoms with van der Waals surface area (Å²) < 4.78 is 2.19. The summed E-state index contributed by atoms with van der Waals surface area (Å²) in [4.78, 5) is 26.2. The molecule has 0 unspecified atom stereocenters. The fourth-order valence-corrected chi connectivity index (χ4v) is 3.86. The lowest BCUT2D eigenvalue weighted by Crippen LogP contribution is -2.47. The van der Waals surface area contributed by atoms with Gasteiger partial charge < -0.3 is 19.7 Å². The number of piperazine rings is 1. The number of pyridine rings is 1. The molecule has 7 heteroatoms. The molecule has 5 rings (SSSR count). The van der Waals surface area contributed by atoms with E-state index in [0.29, 0.717) is 12.1 Å². The third-order valence-corrected chi connectivity index (χ3v) is 5.15. The molecule has 0 aliphatic carbocycles. The van der Waals surface area contributed by atoms with Crippen molar-refractivity contribution in [3.8, 4) is 0 Å². The third kappa shape index (κ3) is 2.39. The molecule has 0 spiro atoms. The number of anilines is 2. The average molecular weight is 348 g/mol. The highest BCUT2D eigenvalue weighted by molar-refractivity contribution is 6.06.